The Labute approximate surface area is 159 Å². The molecule has 28 heavy (non-hydrogen) atoms. The number of nitrogens with one attached hydrogen (secondary N) is 2. The van der Waals surface area contributed by atoms with Gasteiger partial charge in [-0.2, -0.15) is 0 Å². The minimum absolute atomic E-state index is 0.220. The van der Waals surface area contributed by atoms with E-state index in [1.54, 1.807) is 0 Å². The number of anilines is 2. The summed E-state index contributed by atoms with van der Waals surface area (Å²) in [6, 6.07) is 4.61. The summed E-state index contributed by atoms with van der Waals surface area (Å²) in [5.74, 6) is -5.98. The third-order valence-electron chi connectivity index (χ3n) is 4.84. The van der Waals surface area contributed by atoms with Crippen molar-refractivity contribution in [3.05, 3.63) is 53.9 Å². The second-order valence-electron chi connectivity index (χ2n) is 7.26. The van der Waals surface area contributed by atoms with E-state index in [2.05, 4.69) is 15.6 Å². The van der Waals surface area contributed by atoms with Crippen LogP contribution in [0.4, 0.5) is 28.9 Å². The van der Waals surface area contributed by atoms with Crippen LogP contribution < -0.4 is 10.6 Å². The molecule has 1 aromatic heterocycles. The Balaban J connectivity index is 2.09. The number of carbonyl (C=O) groups is 1. The predicted octanol–water partition coefficient (Wildman–Crippen LogP) is 3.88. The molecule has 2 heterocycles. The Bertz CT molecular complexity index is 920. The van der Waals surface area contributed by atoms with Gasteiger partial charge in [0, 0.05) is 17.3 Å². The number of carbonyl (C=O) groups excluding carboxylic acids is 1. The largest absolute Gasteiger partial charge is 0.359 e. The Morgan fingerprint density at radius 2 is 1.82 bits per heavy atom. The summed E-state index contributed by atoms with van der Waals surface area (Å²) in [6.07, 6.45) is 2.33. The lowest BCUT2D eigenvalue weighted by molar-refractivity contribution is -0.216. The molecular formula is C19H19F4N3O2. The number of benzene rings is 1. The molecule has 0 saturated carbocycles. The van der Waals surface area contributed by atoms with Crippen LogP contribution in [0.15, 0.2) is 36.7 Å². The number of pyridine rings is 1. The minimum atomic E-state index is -3.66. The van der Waals surface area contributed by atoms with Gasteiger partial charge in [0.25, 0.3) is 0 Å². The van der Waals surface area contributed by atoms with Crippen LogP contribution in [0.1, 0.15) is 26.3 Å². The Hall–Kier alpha value is -2.68. The van der Waals surface area contributed by atoms with Crippen LogP contribution in [0.3, 0.4) is 0 Å². The molecule has 1 amide bonds. The zero-order chi connectivity index (χ0) is 20.7. The van der Waals surface area contributed by atoms with Crippen molar-refractivity contribution in [2.45, 2.75) is 37.8 Å². The van der Waals surface area contributed by atoms with E-state index in [1.807, 2.05) is 0 Å². The predicted molar refractivity (Wildman–Crippen MR) is 94.4 cm³/mol. The zero-order valence-electron chi connectivity index (χ0n) is 15.4. The lowest BCUT2D eigenvalue weighted by atomic mass is 9.77. The van der Waals surface area contributed by atoms with Gasteiger partial charge in [-0.1, -0.05) is 0 Å². The van der Waals surface area contributed by atoms with Crippen molar-refractivity contribution in [3.8, 4) is 0 Å². The molecule has 0 unspecified atom stereocenters. The van der Waals surface area contributed by atoms with E-state index >= 15 is 8.78 Å². The summed E-state index contributed by atoms with van der Waals surface area (Å²) >= 11 is 0. The normalized spacial score (nSPS) is 23.6. The van der Waals surface area contributed by atoms with Gasteiger partial charge in [0.1, 0.15) is 29.4 Å². The van der Waals surface area contributed by atoms with Crippen molar-refractivity contribution in [1.82, 2.24) is 10.3 Å². The number of amides is 1. The smallest absolute Gasteiger partial charge is 0.302 e. The Morgan fingerprint density at radius 1 is 1.11 bits per heavy atom. The highest BCUT2D eigenvalue weighted by molar-refractivity contribution is 5.79. The van der Waals surface area contributed by atoms with Gasteiger partial charge in [0.2, 0.25) is 5.91 Å². The number of halogens is 4. The first kappa shape index (κ1) is 20.1. The summed E-state index contributed by atoms with van der Waals surface area (Å²) in [7, 11) is 0. The fraction of sp³-hybridized carbons (Fsp3) is 0.368. The highest BCUT2D eigenvalue weighted by atomic mass is 19.3. The van der Waals surface area contributed by atoms with Gasteiger partial charge in [0.05, 0.1) is 18.1 Å². The molecule has 3 rings (SSSR count). The van der Waals surface area contributed by atoms with Gasteiger partial charge in [-0.05, 0) is 39.0 Å². The topological polar surface area (TPSA) is 63.2 Å². The molecule has 2 aromatic rings. The van der Waals surface area contributed by atoms with Crippen molar-refractivity contribution >= 4 is 17.3 Å². The van der Waals surface area contributed by atoms with E-state index in [4.69, 9.17) is 4.74 Å². The van der Waals surface area contributed by atoms with E-state index < -0.39 is 46.8 Å². The molecule has 5 nitrogen and oxygen atoms in total. The van der Waals surface area contributed by atoms with Gasteiger partial charge in [-0.3, -0.25) is 9.78 Å². The zero-order valence-corrected chi connectivity index (χ0v) is 15.4. The molecule has 150 valence electrons. The molecule has 1 fully saturated rings. The number of nitrogens with zero attached hydrogens (tertiary/aromatic N) is 1. The summed E-state index contributed by atoms with van der Waals surface area (Å²) in [5.41, 5.74) is -4.38. The number of ether oxygens (including phenoxy) is 1. The minimum Gasteiger partial charge on any atom is -0.359 e. The third kappa shape index (κ3) is 3.30. The first-order valence-corrected chi connectivity index (χ1v) is 8.47. The molecule has 1 aliphatic heterocycles. The average Bonchev–Trinajstić information content (AvgIpc) is 2.66. The molecule has 1 aliphatic rings. The summed E-state index contributed by atoms with van der Waals surface area (Å²) in [6.45, 7) is 2.76. The van der Waals surface area contributed by atoms with E-state index in [0.29, 0.717) is 0 Å². The van der Waals surface area contributed by atoms with Gasteiger partial charge in [0.15, 0.2) is 0 Å². The molecule has 1 atom stereocenters. The number of hydrogen-bond acceptors (Lipinski definition) is 4. The van der Waals surface area contributed by atoms with Gasteiger partial charge in [-0.25, -0.2) is 17.6 Å². The van der Waals surface area contributed by atoms with Crippen molar-refractivity contribution in [3.63, 3.8) is 0 Å². The Morgan fingerprint density at radius 3 is 2.50 bits per heavy atom. The Kier molecular flexibility index (Phi) is 4.82. The van der Waals surface area contributed by atoms with Crippen LogP contribution in [-0.4, -0.2) is 29.0 Å². The number of aromatic nitrogens is 1. The quantitative estimate of drug-likeness (QED) is 0.772. The van der Waals surface area contributed by atoms with E-state index in [0.717, 1.165) is 45.2 Å². The van der Waals surface area contributed by atoms with Crippen LogP contribution in [0.2, 0.25) is 0 Å². The lowest BCUT2D eigenvalue weighted by Gasteiger charge is -2.43. The van der Waals surface area contributed by atoms with Crippen molar-refractivity contribution in [2.75, 3.05) is 11.9 Å². The van der Waals surface area contributed by atoms with E-state index in [1.165, 1.54) is 12.3 Å². The third-order valence-corrected chi connectivity index (χ3v) is 4.84. The second-order valence-corrected chi connectivity index (χ2v) is 7.26. The summed E-state index contributed by atoms with van der Waals surface area (Å²) in [5, 5.41) is 4.99. The summed E-state index contributed by atoms with van der Waals surface area (Å²) in [4.78, 5) is 15.7. The van der Waals surface area contributed by atoms with E-state index in [-0.39, 0.29) is 11.4 Å². The maximum absolute atomic E-state index is 15.4. The van der Waals surface area contributed by atoms with E-state index in [9.17, 15) is 13.6 Å². The van der Waals surface area contributed by atoms with Gasteiger partial charge in [-0.15, -0.1) is 0 Å². The van der Waals surface area contributed by atoms with Gasteiger partial charge >= 0.3 is 5.92 Å². The molecule has 0 aliphatic carbocycles. The molecule has 2 N–H and O–H groups in total. The molecule has 0 spiro atoms. The molecule has 1 saturated heterocycles. The average molecular weight is 397 g/mol. The monoisotopic (exact) mass is 397 g/mol. The highest BCUT2D eigenvalue weighted by Crippen LogP contribution is 2.48. The number of alkyl halides is 2. The van der Waals surface area contributed by atoms with Crippen LogP contribution in [-0.2, 0) is 15.1 Å². The second kappa shape index (κ2) is 6.73. The SMILES string of the molecule is CC1(C)OCC(=O)N[C@](C)(c2cc(Nc3cncc(F)c3)ccc2F)C1(F)F. The fourth-order valence-electron chi connectivity index (χ4n) is 3.20. The maximum Gasteiger partial charge on any atom is 0.302 e. The number of hydrogen-bond donors (Lipinski definition) is 2. The molecule has 0 radical (unpaired) electrons. The van der Waals surface area contributed by atoms with Crippen molar-refractivity contribution < 1.29 is 27.1 Å². The van der Waals surface area contributed by atoms with Crippen LogP contribution in [0.25, 0.3) is 0 Å². The van der Waals surface area contributed by atoms with Gasteiger partial charge < -0.3 is 15.4 Å². The molecule has 9 heteroatoms. The van der Waals surface area contributed by atoms with Crippen LogP contribution >= 0.6 is 0 Å². The first-order valence-electron chi connectivity index (χ1n) is 8.47. The van der Waals surface area contributed by atoms with Crippen molar-refractivity contribution in [2.24, 2.45) is 0 Å². The standard InChI is InChI=1S/C19H19F4N3O2/c1-17(2)19(22,23)18(3,26-16(27)10-28-17)14-7-12(4-5-15(14)21)25-13-6-11(20)8-24-9-13/h4-9,25H,10H2,1-3H3,(H,26,27)/t18-/m1/s1. The first-order chi connectivity index (χ1) is 13.0. The van der Waals surface area contributed by atoms with Crippen molar-refractivity contribution in [1.29, 1.82) is 0 Å². The van der Waals surface area contributed by atoms with Crippen LogP contribution in [0, 0.1) is 11.6 Å². The maximum atomic E-state index is 15.4. The highest BCUT2D eigenvalue weighted by Gasteiger charge is 2.64. The lowest BCUT2D eigenvalue weighted by Crippen LogP contribution is -2.62. The molecular weight excluding hydrogens is 378 g/mol. The molecule has 0 bridgehead atoms. The number of rotatable bonds is 3. The summed E-state index contributed by atoms with van der Waals surface area (Å²) < 4.78 is 63.7. The molecule has 1 aromatic carbocycles. The fourth-order valence-corrected chi connectivity index (χ4v) is 3.20. The van der Waals surface area contributed by atoms with Crippen LogP contribution in [0.5, 0.6) is 0 Å².